The van der Waals surface area contributed by atoms with E-state index < -0.39 is 11.8 Å². The Kier molecular flexibility index (Phi) is 6.25. The van der Waals surface area contributed by atoms with Crippen LogP contribution in [0.2, 0.25) is 0 Å². The standard InChI is InChI=1S/C16H19N3O3S/c1-3-22-9-12-5-4-6-13(7-12)19-16(21)15(20)17-8-14-18-11(2)10-23-14/h4-7,10H,3,8-9H2,1-2H3,(H,17,20)(H,19,21). The van der Waals surface area contributed by atoms with E-state index >= 15 is 0 Å². The number of benzene rings is 1. The van der Waals surface area contributed by atoms with Crippen LogP contribution in [0.1, 0.15) is 23.2 Å². The summed E-state index contributed by atoms with van der Waals surface area (Å²) >= 11 is 1.45. The number of amides is 2. The summed E-state index contributed by atoms with van der Waals surface area (Å²) < 4.78 is 5.32. The maximum atomic E-state index is 11.9. The number of ether oxygens (including phenoxy) is 1. The number of thiazole rings is 1. The van der Waals surface area contributed by atoms with Gasteiger partial charge in [-0.1, -0.05) is 12.1 Å². The Bertz CT molecular complexity index is 685. The number of carbonyl (C=O) groups excluding carboxylic acids is 2. The summed E-state index contributed by atoms with van der Waals surface area (Å²) in [5.74, 6) is -1.39. The molecule has 0 aliphatic heterocycles. The van der Waals surface area contributed by atoms with Gasteiger partial charge in [-0.25, -0.2) is 4.98 Å². The zero-order valence-electron chi connectivity index (χ0n) is 13.1. The highest BCUT2D eigenvalue weighted by molar-refractivity contribution is 7.09. The van der Waals surface area contributed by atoms with Crippen LogP contribution in [0, 0.1) is 6.92 Å². The summed E-state index contributed by atoms with van der Waals surface area (Å²) in [6, 6.07) is 7.21. The van der Waals surface area contributed by atoms with Crippen LogP contribution in [0.4, 0.5) is 5.69 Å². The molecule has 23 heavy (non-hydrogen) atoms. The summed E-state index contributed by atoms with van der Waals surface area (Å²) in [4.78, 5) is 27.9. The lowest BCUT2D eigenvalue weighted by Crippen LogP contribution is -2.34. The average Bonchev–Trinajstić information content (AvgIpc) is 2.96. The van der Waals surface area contributed by atoms with Crippen LogP contribution < -0.4 is 10.6 Å². The molecule has 1 aromatic carbocycles. The predicted octanol–water partition coefficient (Wildman–Crippen LogP) is 2.24. The number of aromatic nitrogens is 1. The van der Waals surface area contributed by atoms with Gasteiger partial charge in [0.05, 0.1) is 13.2 Å². The first-order chi connectivity index (χ1) is 11.1. The van der Waals surface area contributed by atoms with Crippen LogP contribution in [0.3, 0.4) is 0 Å². The van der Waals surface area contributed by atoms with E-state index in [1.54, 1.807) is 18.2 Å². The lowest BCUT2D eigenvalue weighted by atomic mass is 10.2. The average molecular weight is 333 g/mol. The van der Waals surface area contributed by atoms with Crippen molar-refractivity contribution in [2.75, 3.05) is 11.9 Å². The van der Waals surface area contributed by atoms with Crippen molar-refractivity contribution < 1.29 is 14.3 Å². The second-order valence-corrected chi connectivity index (χ2v) is 5.80. The van der Waals surface area contributed by atoms with Crippen LogP contribution >= 0.6 is 11.3 Å². The first kappa shape index (κ1) is 17.1. The van der Waals surface area contributed by atoms with Crippen LogP contribution in [-0.4, -0.2) is 23.4 Å². The Labute approximate surface area is 138 Å². The molecule has 0 fully saturated rings. The highest BCUT2D eigenvalue weighted by Crippen LogP contribution is 2.12. The van der Waals surface area contributed by atoms with Crippen molar-refractivity contribution in [3.63, 3.8) is 0 Å². The molecule has 2 aromatic rings. The molecule has 2 rings (SSSR count). The number of rotatable bonds is 6. The van der Waals surface area contributed by atoms with E-state index in [0.717, 1.165) is 16.3 Å². The molecule has 0 bridgehead atoms. The van der Waals surface area contributed by atoms with Crippen molar-refractivity contribution in [2.45, 2.75) is 27.0 Å². The van der Waals surface area contributed by atoms with Gasteiger partial charge in [0.25, 0.3) is 0 Å². The third-order valence-corrected chi connectivity index (χ3v) is 3.90. The van der Waals surface area contributed by atoms with Crippen molar-refractivity contribution in [1.29, 1.82) is 0 Å². The Hall–Kier alpha value is -2.25. The minimum atomic E-state index is -0.702. The second kappa shape index (κ2) is 8.40. The zero-order chi connectivity index (χ0) is 16.7. The molecule has 0 aliphatic rings. The molecule has 7 heteroatoms. The second-order valence-electron chi connectivity index (χ2n) is 4.86. The SMILES string of the molecule is CCOCc1cccc(NC(=O)C(=O)NCc2nc(C)cs2)c1. The fraction of sp³-hybridized carbons (Fsp3) is 0.312. The maximum absolute atomic E-state index is 11.9. The fourth-order valence-electron chi connectivity index (χ4n) is 1.87. The van der Waals surface area contributed by atoms with Crippen LogP contribution in [-0.2, 0) is 27.5 Å². The molecule has 2 amide bonds. The van der Waals surface area contributed by atoms with Gasteiger partial charge in [-0.15, -0.1) is 11.3 Å². The van der Waals surface area contributed by atoms with E-state index in [0.29, 0.717) is 18.9 Å². The van der Waals surface area contributed by atoms with Crippen LogP contribution in [0.25, 0.3) is 0 Å². The van der Waals surface area contributed by atoms with Crippen LogP contribution in [0.15, 0.2) is 29.6 Å². The highest BCUT2D eigenvalue weighted by atomic mass is 32.1. The van der Waals surface area contributed by atoms with Gasteiger partial charge in [0.2, 0.25) is 0 Å². The fourth-order valence-corrected chi connectivity index (χ4v) is 2.58. The summed E-state index contributed by atoms with van der Waals surface area (Å²) in [5, 5.41) is 7.79. The number of hydrogen-bond acceptors (Lipinski definition) is 5. The molecular formula is C16H19N3O3S. The number of carbonyl (C=O) groups is 2. The summed E-state index contributed by atoms with van der Waals surface area (Å²) in [6.07, 6.45) is 0. The Morgan fingerprint density at radius 1 is 1.30 bits per heavy atom. The van der Waals surface area contributed by atoms with Gasteiger partial charge in [-0.3, -0.25) is 9.59 Å². The van der Waals surface area contributed by atoms with E-state index in [2.05, 4.69) is 15.6 Å². The molecule has 0 saturated carbocycles. The van der Waals surface area contributed by atoms with E-state index in [-0.39, 0.29) is 6.54 Å². The summed E-state index contributed by atoms with van der Waals surface area (Å²) in [6.45, 7) is 5.13. The zero-order valence-corrected chi connectivity index (χ0v) is 13.9. The third-order valence-electron chi connectivity index (χ3n) is 2.93. The molecule has 0 aliphatic carbocycles. The van der Waals surface area contributed by atoms with Gasteiger partial charge < -0.3 is 15.4 Å². The number of aryl methyl sites for hydroxylation is 1. The van der Waals surface area contributed by atoms with Gasteiger partial charge in [0.15, 0.2) is 0 Å². The lowest BCUT2D eigenvalue weighted by Gasteiger charge is -2.07. The number of nitrogens with one attached hydrogen (secondary N) is 2. The molecule has 2 N–H and O–H groups in total. The Morgan fingerprint density at radius 3 is 2.83 bits per heavy atom. The molecule has 122 valence electrons. The summed E-state index contributed by atoms with van der Waals surface area (Å²) in [7, 11) is 0. The van der Waals surface area contributed by atoms with Gasteiger partial charge >= 0.3 is 11.8 Å². The molecule has 6 nitrogen and oxygen atoms in total. The van der Waals surface area contributed by atoms with E-state index in [9.17, 15) is 9.59 Å². The maximum Gasteiger partial charge on any atom is 0.313 e. The molecule has 1 aromatic heterocycles. The quantitative estimate of drug-likeness (QED) is 0.795. The molecule has 0 radical (unpaired) electrons. The highest BCUT2D eigenvalue weighted by Gasteiger charge is 2.14. The monoisotopic (exact) mass is 333 g/mol. The van der Waals surface area contributed by atoms with E-state index in [4.69, 9.17) is 4.74 Å². The van der Waals surface area contributed by atoms with Gasteiger partial charge in [-0.05, 0) is 31.5 Å². The van der Waals surface area contributed by atoms with Crippen molar-refractivity contribution >= 4 is 28.8 Å². The Morgan fingerprint density at radius 2 is 2.13 bits per heavy atom. The molecule has 0 saturated heterocycles. The molecule has 0 atom stereocenters. The first-order valence-corrected chi connectivity index (χ1v) is 8.13. The van der Waals surface area contributed by atoms with Gasteiger partial charge in [0, 0.05) is 23.4 Å². The topological polar surface area (TPSA) is 80.3 Å². The molecule has 0 spiro atoms. The van der Waals surface area contributed by atoms with Gasteiger partial charge in [-0.2, -0.15) is 0 Å². The smallest absolute Gasteiger partial charge is 0.313 e. The van der Waals surface area contributed by atoms with Gasteiger partial charge in [0.1, 0.15) is 5.01 Å². The Balaban J connectivity index is 1.86. The largest absolute Gasteiger partial charge is 0.377 e. The summed E-state index contributed by atoms with van der Waals surface area (Å²) in [5.41, 5.74) is 2.39. The molecular weight excluding hydrogens is 314 g/mol. The molecule has 0 unspecified atom stereocenters. The number of hydrogen-bond donors (Lipinski definition) is 2. The third kappa shape index (κ3) is 5.46. The van der Waals surface area contributed by atoms with Crippen molar-refractivity contribution in [1.82, 2.24) is 10.3 Å². The minimum absolute atomic E-state index is 0.245. The predicted molar refractivity (Wildman–Crippen MR) is 89.1 cm³/mol. The lowest BCUT2D eigenvalue weighted by molar-refractivity contribution is -0.136. The minimum Gasteiger partial charge on any atom is -0.377 e. The van der Waals surface area contributed by atoms with Crippen molar-refractivity contribution in [3.8, 4) is 0 Å². The van der Waals surface area contributed by atoms with Crippen molar-refractivity contribution in [3.05, 3.63) is 45.9 Å². The first-order valence-electron chi connectivity index (χ1n) is 7.25. The normalized spacial score (nSPS) is 10.3. The van der Waals surface area contributed by atoms with E-state index in [1.165, 1.54) is 11.3 Å². The number of nitrogens with zero attached hydrogens (tertiary/aromatic N) is 1. The number of anilines is 1. The molecule has 1 heterocycles. The van der Waals surface area contributed by atoms with E-state index in [1.807, 2.05) is 25.3 Å². The van der Waals surface area contributed by atoms with Crippen molar-refractivity contribution in [2.24, 2.45) is 0 Å². The van der Waals surface area contributed by atoms with Crippen LogP contribution in [0.5, 0.6) is 0 Å².